The van der Waals surface area contributed by atoms with E-state index in [0.717, 1.165) is 24.4 Å². The molecule has 188 valence electrons. The van der Waals surface area contributed by atoms with Gasteiger partial charge in [-0.25, -0.2) is 0 Å². The van der Waals surface area contributed by atoms with Gasteiger partial charge in [0.05, 0.1) is 25.1 Å². The number of carbonyl (C=O) groups excluding carboxylic acids is 3. The van der Waals surface area contributed by atoms with Gasteiger partial charge in [0.25, 0.3) is 0 Å². The normalized spacial score (nSPS) is 24.2. The van der Waals surface area contributed by atoms with Gasteiger partial charge in [0.2, 0.25) is 18.2 Å². The maximum atomic E-state index is 12.0. The minimum Gasteiger partial charge on any atom is -0.379 e. The minimum absolute atomic E-state index is 0.0459. The van der Waals surface area contributed by atoms with E-state index in [-0.39, 0.29) is 30.8 Å². The highest BCUT2D eigenvalue weighted by Gasteiger charge is 2.40. The lowest BCUT2D eigenvalue weighted by atomic mass is 9.91. The molecule has 0 aromatic carbocycles. The van der Waals surface area contributed by atoms with Gasteiger partial charge in [-0.2, -0.15) is 0 Å². The summed E-state index contributed by atoms with van der Waals surface area (Å²) >= 11 is 0. The molecule has 1 saturated heterocycles. The molecule has 0 radical (unpaired) electrons. The standard InChI is InChI=1S/C13H25N3O4.C8H15N.C3H8/c1-5-9(2)13(10(20-4)6-11(14)18)16(3)12(19)7-15-8-17;1-6-7-3-4-8(5-7)9(6)2;1-3-2/h8-10,13H,5-7H2,1-4H3,(H2,14,18)(H,15,17);6-8H,3-5H2,1-2H3;3H2,1-2H3. The Bertz CT molecular complexity index is 542. The van der Waals surface area contributed by atoms with E-state index in [2.05, 4.69) is 38.0 Å². The Morgan fingerprint density at radius 3 is 2.22 bits per heavy atom. The fourth-order valence-corrected chi connectivity index (χ4v) is 4.67. The number of piperidine rings is 1. The summed E-state index contributed by atoms with van der Waals surface area (Å²) in [5, 5.41) is 2.33. The Morgan fingerprint density at radius 1 is 1.28 bits per heavy atom. The number of nitrogens with two attached hydrogens (primary N) is 1. The van der Waals surface area contributed by atoms with Crippen LogP contribution < -0.4 is 11.1 Å². The first-order valence-electron chi connectivity index (χ1n) is 12.0. The summed E-state index contributed by atoms with van der Waals surface area (Å²) in [4.78, 5) is 37.5. The Kier molecular flexibility index (Phi) is 15.2. The molecule has 6 unspecified atom stereocenters. The molecule has 2 fully saturated rings. The molecule has 8 heteroatoms. The molecule has 3 amide bonds. The largest absolute Gasteiger partial charge is 0.379 e. The third kappa shape index (κ3) is 9.45. The van der Waals surface area contributed by atoms with Gasteiger partial charge in [0.15, 0.2) is 0 Å². The molecule has 0 spiro atoms. The van der Waals surface area contributed by atoms with E-state index in [9.17, 15) is 14.4 Å². The topological polar surface area (TPSA) is 105 Å². The number of amides is 3. The molecule has 2 bridgehead atoms. The molecular formula is C24H48N4O4. The molecule has 0 aromatic heterocycles. The van der Waals surface area contributed by atoms with Gasteiger partial charge < -0.3 is 25.6 Å². The Hall–Kier alpha value is -1.67. The third-order valence-electron chi connectivity index (χ3n) is 6.84. The van der Waals surface area contributed by atoms with E-state index in [4.69, 9.17) is 10.5 Å². The second kappa shape index (κ2) is 16.0. The van der Waals surface area contributed by atoms with Gasteiger partial charge in [0.1, 0.15) is 0 Å². The van der Waals surface area contributed by atoms with Gasteiger partial charge in [-0.1, -0.05) is 40.5 Å². The van der Waals surface area contributed by atoms with Crippen molar-refractivity contribution in [3.8, 4) is 0 Å². The number of rotatable bonds is 10. The number of likely N-dealkylation sites (N-methyl/N-ethyl adjacent to an activating group) is 1. The van der Waals surface area contributed by atoms with Crippen LogP contribution in [0, 0.1) is 11.8 Å². The van der Waals surface area contributed by atoms with Gasteiger partial charge in [-0.05, 0) is 45.1 Å². The van der Waals surface area contributed by atoms with Crippen molar-refractivity contribution in [3.05, 3.63) is 0 Å². The number of hydrogen-bond acceptors (Lipinski definition) is 5. The molecule has 8 nitrogen and oxygen atoms in total. The highest BCUT2D eigenvalue weighted by atomic mass is 16.5. The fourth-order valence-electron chi connectivity index (χ4n) is 4.67. The smallest absolute Gasteiger partial charge is 0.242 e. The van der Waals surface area contributed by atoms with Crippen molar-refractivity contribution in [1.82, 2.24) is 15.1 Å². The van der Waals surface area contributed by atoms with Crippen LogP contribution in [-0.2, 0) is 19.1 Å². The predicted molar refractivity (Wildman–Crippen MR) is 129 cm³/mol. The molecule has 1 heterocycles. The molecule has 1 aliphatic carbocycles. The van der Waals surface area contributed by atoms with Gasteiger partial charge >= 0.3 is 0 Å². The number of primary amides is 1. The summed E-state index contributed by atoms with van der Waals surface area (Å²) in [5.41, 5.74) is 5.22. The zero-order chi connectivity index (χ0) is 24.8. The Morgan fingerprint density at radius 2 is 1.88 bits per heavy atom. The Balaban J connectivity index is 0.000000647. The lowest BCUT2D eigenvalue weighted by Gasteiger charge is -2.37. The summed E-state index contributed by atoms with van der Waals surface area (Å²) < 4.78 is 5.34. The molecule has 3 N–H and O–H groups in total. The lowest BCUT2D eigenvalue weighted by molar-refractivity contribution is -0.138. The number of likely N-dealkylation sites (tertiary alicyclic amines) is 1. The van der Waals surface area contributed by atoms with Crippen LogP contribution in [0.1, 0.15) is 73.1 Å². The molecule has 1 aliphatic heterocycles. The second-order valence-corrected chi connectivity index (χ2v) is 9.16. The second-order valence-electron chi connectivity index (χ2n) is 9.16. The predicted octanol–water partition coefficient (Wildman–Crippen LogP) is 2.40. The van der Waals surface area contributed by atoms with Gasteiger partial charge in [-0.15, -0.1) is 0 Å². The fraction of sp³-hybridized carbons (Fsp3) is 0.875. The van der Waals surface area contributed by atoms with Crippen LogP contribution >= 0.6 is 0 Å². The molecule has 32 heavy (non-hydrogen) atoms. The van der Waals surface area contributed by atoms with Gasteiger partial charge in [-0.3, -0.25) is 14.4 Å². The summed E-state index contributed by atoms with van der Waals surface area (Å²) in [6.45, 7) is 10.5. The monoisotopic (exact) mass is 456 g/mol. The van der Waals surface area contributed by atoms with Crippen molar-refractivity contribution in [2.24, 2.45) is 17.6 Å². The van der Waals surface area contributed by atoms with Crippen molar-refractivity contribution >= 4 is 18.2 Å². The van der Waals surface area contributed by atoms with Crippen LogP contribution in [0.5, 0.6) is 0 Å². The number of nitrogens with zero attached hydrogens (tertiary/aromatic N) is 2. The summed E-state index contributed by atoms with van der Waals surface area (Å²) in [6.07, 6.45) is 6.57. The molecular weight excluding hydrogens is 408 g/mol. The quantitative estimate of drug-likeness (QED) is 0.491. The first-order chi connectivity index (χ1) is 15.1. The summed E-state index contributed by atoms with van der Waals surface area (Å²) in [6, 6.07) is 1.55. The minimum atomic E-state index is -0.475. The number of nitrogens with one attached hydrogen (secondary N) is 1. The molecule has 0 aromatic rings. The van der Waals surface area contributed by atoms with E-state index in [1.54, 1.807) is 7.05 Å². The first-order valence-corrected chi connectivity index (χ1v) is 12.0. The lowest BCUT2D eigenvalue weighted by Crippen LogP contribution is -2.52. The van der Waals surface area contributed by atoms with Crippen LogP contribution in [0.2, 0.25) is 0 Å². The van der Waals surface area contributed by atoms with Crippen LogP contribution in [-0.4, -0.2) is 80.0 Å². The molecule has 1 saturated carbocycles. The average Bonchev–Trinajstić information content (AvgIpc) is 3.35. The van der Waals surface area contributed by atoms with E-state index < -0.39 is 12.0 Å². The number of carbonyl (C=O) groups is 3. The zero-order valence-electron chi connectivity index (χ0n) is 21.6. The zero-order valence-corrected chi connectivity index (χ0v) is 21.6. The van der Waals surface area contributed by atoms with Crippen molar-refractivity contribution in [2.45, 2.75) is 97.4 Å². The van der Waals surface area contributed by atoms with E-state index >= 15 is 0 Å². The molecule has 2 rings (SSSR count). The van der Waals surface area contributed by atoms with Gasteiger partial charge in [0, 0.05) is 26.2 Å². The summed E-state index contributed by atoms with van der Waals surface area (Å²) in [5.74, 6) is 0.454. The number of methoxy groups -OCH3 is 1. The van der Waals surface area contributed by atoms with Crippen LogP contribution in [0.3, 0.4) is 0 Å². The molecule has 6 atom stereocenters. The average molecular weight is 457 g/mol. The van der Waals surface area contributed by atoms with Crippen molar-refractivity contribution in [2.75, 3.05) is 27.7 Å². The molecule has 2 aliphatic rings. The van der Waals surface area contributed by atoms with Crippen molar-refractivity contribution < 1.29 is 19.1 Å². The maximum absolute atomic E-state index is 12.0. The number of fused-ring (bicyclic) bond motifs is 2. The highest BCUT2D eigenvalue weighted by Crippen LogP contribution is 2.40. The van der Waals surface area contributed by atoms with E-state index in [1.807, 2.05) is 13.8 Å². The van der Waals surface area contributed by atoms with Crippen LogP contribution in [0.4, 0.5) is 0 Å². The highest BCUT2D eigenvalue weighted by molar-refractivity contribution is 5.80. The van der Waals surface area contributed by atoms with E-state index in [1.165, 1.54) is 37.7 Å². The van der Waals surface area contributed by atoms with Crippen LogP contribution in [0.15, 0.2) is 0 Å². The first kappa shape index (κ1) is 30.3. The maximum Gasteiger partial charge on any atom is 0.242 e. The summed E-state index contributed by atoms with van der Waals surface area (Å²) in [7, 11) is 5.40. The Labute approximate surface area is 195 Å². The number of hydrogen-bond donors (Lipinski definition) is 2. The van der Waals surface area contributed by atoms with Crippen LogP contribution in [0.25, 0.3) is 0 Å². The SMILES string of the molecule is CC1C2CCC(C2)N1C.CCC.CCC(C)C(C(CC(N)=O)OC)N(C)C(=O)CNC=O. The van der Waals surface area contributed by atoms with Crippen molar-refractivity contribution in [3.63, 3.8) is 0 Å². The number of ether oxygens (including phenoxy) is 1. The van der Waals surface area contributed by atoms with E-state index in [0.29, 0.717) is 6.41 Å². The van der Waals surface area contributed by atoms with Crippen molar-refractivity contribution in [1.29, 1.82) is 0 Å². The third-order valence-corrected chi connectivity index (χ3v) is 6.84.